The van der Waals surface area contributed by atoms with Crippen LogP contribution in [0.4, 0.5) is 0 Å². The van der Waals surface area contributed by atoms with E-state index >= 15 is 0 Å². The van der Waals surface area contributed by atoms with E-state index < -0.39 is 90.3 Å². The van der Waals surface area contributed by atoms with Crippen molar-refractivity contribution in [3.8, 4) is 0 Å². The van der Waals surface area contributed by atoms with Crippen molar-refractivity contribution in [2.24, 2.45) is 47.3 Å². The minimum atomic E-state index is -2.44. The highest BCUT2D eigenvalue weighted by molar-refractivity contribution is 6.39. The van der Waals surface area contributed by atoms with Gasteiger partial charge in [0.2, 0.25) is 5.79 Å². The predicted octanol–water partition coefficient (Wildman–Crippen LogP) is 5.37. The van der Waals surface area contributed by atoms with E-state index in [4.69, 9.17) is 14.2 Å². The molecule has 0 aromatic heterocycles. The Bertz CT molecular complexity index is 1760. The van der Waals surface area contributed by atoms with Gasteiger partial charge in [-0.2, -0.15) is 0 Å². The molecule has 0 unspecified atom stereocenters. The van der Waals surface area contributed by atoms with Crippen molar-refractivity contribution in [3.63, 3.8) is 0 Å². The molecule has 65 heavy (non-hydrogen) atoms. The molecule has 3 aliphatic heterocycles. The molecule has 366 valence electrons. The van der Waals surface area contributed by atoms with Crippen LogP contribution < -0.4 is 0 Å². The molecular weight excluding hydrogens is 835 g/mol. The van der Waals surface area contributed by atoms with Crippen LogP contribution in [0.5, 0.6) is 0 Å². The third-order valence-electron chi connectivity index (χ3n) is 14.7. The van der Waals surface area contributed by atoms with Crippen molar-refractivity contribution < 1.29 is 63.7 Å². The quantitative estimate of drug-likeness (QED) is 0.129. The molecule has 1 saturated carbocycles. The molecule has 2 bridgehead atoms. The molecule has 0 aromatic carbocycles. The summed E-state index contributed by atoms with van der Waals surface area (Å²) in [6.07, 6.45) is 12.1. The van der Waals surface area contributed by atoms with E-state index in [2.05, 4.69) is 0 Å². The standard InChI is InChI=1S/C51H79NO13/c1-30-14-10-9-11-15-31(2)44(63-8)26-39-19-17-36(7)51(62,65-39)48(59)49(60)52-21-13-12-16-41(52)50(61)64-45(33(4)24-37-18-20-42(55)38(25-37)28-53)27-43(56)32(3)23-35(6)47(58)40(29-54)46(57)34(5)22-30/h9-11,14-15,23,30,32-34,36-42,44-45,47,53-55,58,62H,12-13,16-22,24-29H2,1-8H3/b11-9+,14-10+,31-15+,35-23+/t30-,32-,33+,34-,36-,37+,38+,39+,40+,41+,42-,44+,45+,47-,51-/m1/s1. The van der Waals surface area contributed by atoms with E-state index in [1.54, 1.807) is 40.9 Å². The van der Waals surface area contributed by atoms with E-state index in [1.165, 1.54) is 4.90 Å². The van der Waals surface area contributed by atoms with Gasteiger partial charge in [0.1, 0.15) is 23.7 Å². The van der Waals surface area contributed by atoms with Crippen molar-refractivity contribution in [2.45, 2.75) is 168 Å². The van der Waals surface area contributed by atoms with Gasteiger partial charge in [-0.1, -0.05) is 71.1 Å². The highest BCUT2D eigenvalue weighted by atomic mass is 16.6. The number of carbonyl (C=O) groups excluding carboxylic acids is 5. The monoisotopic (exact) mass is 914 g/mol. The van der Waals surface area contributed by atoms with Crippen LogP contribution >= 0.6 is 0 Å². The zero-order valence-corrected chi connectivity index (χ0v) is 40.1. The topological polar surface area (TPSA) is 217 Å². The lowest BCUT2D eigenvalue weighted by Crippen LogP contribution is -2.61. The summed E-state index contributed by atoms with van der Waals surface area (Å²) < 4.78 is 18.2. The first-order valence-corrected chi connectivity index (χ1v) is 24.1. The van der Waals surface area contributed by atoms with Gasteiger partial charge in [-0.05, 0) is 107 Å². The first kappa shape index (κ1) is 54.2. The van der Waals surface area contributed by atoms with Gasteiger partial charge < -0.3 is 44.6 Å². The van der Waals surface area contributed by atoms with Crippen LogP contribution in [0.2, 0.25) is 0 Å². The number of hydrogen-bond acceptors (Lipinski definition) is 13. The van der Waals surface area contributed by atoms with Gasteiger partial charge in [0.05, 0.1) is 36.9 Å². The maximum Gasteiger partial charge on any atom is 0.329 e. The second-order valence-electron chi connectivity index (χ2n) is 19.9. The summed E-state index contributed by atoms with van der Waals surface area (Å²) in [5.41, 5.74) is 1.21. The molecule has 4 aliphatic rings. The lowest BCUT2D eigenvalue weighted by molar-refractivity contribution is -0.265. The Morgan fingerprint density at radius 3 is 2.28 bits per heavy atom. The number of aliphatic hydroxyl groups is 5. The number of piperidine rings is 1. The van der Waals surface area contributed by atoms with Gasteiger partial charge in [-0.3, -0.25) is 19.2 Å². The Hall–Kier alpha value is -3.37. The fourth-order valence-corrected chi connectivity index (χ4v) is 10.3. The summed E-state index contributed by atoms with van der Waals surface area (Å²) in [4.78, 5) is 71.6. The molecule has 4 rings (SSSR count). The Kier molecular flexibility index (Phi) is 21.0. The number of hydrogen-bond donors (Lipinski definition) is 5. The zero-order valence-electron chi connectivity index (χ0n) is 40.1. The Labute approximate surface area is 386 Å². The lowest BCUT2D eigenvalue weighted by Gasteiger charge is -2.42. The normalized spacial score (nSPS) is 40.4. The van der Waals surface area contributed by atoms with Crippen molar-refractivity contribution >= 4 is 29.2 Å². The van der Waals surface area contributed by atoms with Crippen molar-refractivity contribution in [3.05, 3.63) is 47.6 Å². The molecule has 0 aromatic rings. The number of carbonyl (C=O) groups is 5. The summed E-state index contributed by atoms with van der Waals surface area (Å²) in [5, 5.41) is 54.0. The number of aliphatic hydroxyl groups excluding tert-OH is 4. The molecule has 2 saturated heterocycles. The van der Waals surface area contributed by atoms with Crippen LogP contribution in [-0.2, 0) is 38.2 Å². The second-order valence-corrected chi connectivity index (χ2v) is 19.9. The fourth-order valence-electron chi connectivity index (χ4n) is 10.3. The van der Waals surface area contributed by atoms with Crippen LogP contribution in [-0.4, -0.2) is 129 Å². The summed E-state index contributed by atoms with van der Waals surface area (Å²) in [6.45, 7) is 11.8. The number of allylic oxidation sites excluding steroid dienone is 6. The number of fused-ring (bicyclic) bond motifs is 3. The first-order valence-electron chi connectivity index (χ1n) is 24.1. The summed E-state index contributed by atoms with van der Waals surface area (Å²) in [6, 6.07) is -1.16. The Morgan fingerprint density at radius 2 is 1.60 bits per heavy atom. The number of rotatable bonds is 6. The smallest absolute Gasteiger partial charge is 0.329 e. The minimum Gasteiger partial charge on any atom is -0.460 e. The number of nitrogens with zero attached hydrogens (tertiary/aromatic N) is 1. The minimum absolute atomic E-state index is 0.0117. The van der Waals surface area contributed by atoms with E-state index in [-0.39, 0.29) is 61.2 Å². The largest absolute Gasteiger partial charge is 0.460 e. The number of methoxy groups -OCH3 is 1. The van der Waals surface area contributed by atoms with Crippen LogP contribution in [0.1, 0.15) is 126 Å². The molecule has 5 N–H and O–H groups in total. The molecule has 15 atom stereocenters. The predicted molar refractivity (Wildman–Crippen MR) is 245 cm³/mol. The summed E-state index contributed by atoms with van der Waals surface area (Å²) in [7, 11) is 1.57. The fraction of sp³-hybridized carbons (Fsp3) is 0.745. The molecular formula is C51H79NO13. The van der Waals surface area contributed by atoms with Gasteiger partial charge in [-0.15, -0.1) is 0 Å². The number of esters is 1. The van der Waals surface area contributed by atoms with Crippen molar-refractivity contribution in [2.75, 3.05) is 26.9 Å². The lowest BCUT2D eigenvalue weighted by atomic mass is 9.75. The van der Waals surface area contributed by atoms with Gasteiger partial charge >= 0.3 is 5.97 Å². The zero-order chi connectivity index (χ0) is 48.2. The average molecular weight is 914 g/mol. The Balaban J connectivity index is 1.70. The molecule has 14 nitrogen and oxygen atoms in total. The molecule has 1 aliphatic carbocycles. The number of cyclic esters (lactones) is 1. The number of ether oxygens (including phenoxy) is 3. The first-order chi connectivity index (χ1) is 30.7. The summed E-state index contributed by atoms with van der Waals surface area (Å²) >= 11 is 0. The molecule has 1 amide bonds. The molecule has 14 heteroatoms. The van der Waals surface area contributed by atoms with Gasteiger partial charge in [0.25, 0.3) is 11.7 Å². The van der Waals surface area contributed by atoms with E-state index in [9.17, 15) is 49.5 Å². The average Bonchev–Trinajstić information content (AvgIpc) is 3.28. The third-order valence-corrected chi connectivity index (χ3v) is 14.7. The van der Waals surface area contributed by atoms with Crippen LogP contribution in [0.15, 0.2) is 47.6 Å². The number of ketones is 3. The highest BCUT2D eigenvalue weighted by Crippen LogP contribution is 2.38. The van der Waals surface area contributed by atoms with Crippen molar-refractivity contribution in [1.82, 2.24) is 4.90 Å². The molecule has 0 spiro atoms. The summed E-state index contributed by atoms with van der Waals surface area (Å²) in [5.74, 6) is -9.71. The van der Waals surface area contributed by atoms with Gasteiger partial charge in [-0.25, -0.2) is 4.79 Å². The maximum atomic E-state index is 14.3. The number of Topliss-reactive ketones (excluding diaryl/α,β-unsaturated/α-hetero) is 3. The van der Waals surface area contributed by atoms with E-state index in [1.807, 2.05) is 51.2 Å². The van der Waals surface area contributed by atoms with Crippen molar-refractivity contribution in [1.29, 1.82) is 0 Å². The van der Waals surface area contributed by atoms with Gasteiger partial charge in [0, 0.05) is 56.8 Å². The highest BCUT2D eigenvalue weighted by Gasteiger charge is 2.53. The SMILES string of the molecule is CO[C@H]1C[C@@H]2CC[C@@H](C)[C@@](O)(O2)C(=O)C(=O)N2CCCC[C@H]2C(=O)O[C@H]([C@@H](C)C[C@@H]2CC[C@@H](O)[C@H](CO)C2)CC(=O)[C@H](C)/C=C(\C)[C@@H](O)[C@@H](CO)C(=O)[C@H](C)C[C@H](C)/C=C/C=C/C=C/1C. The third kappa shape index (κ3) is 14.3. The van der Waals surface area contributed by atoms with Crippen LogP contribution in [0.25, 0.3) is 0 Å². The van der Waals surface area contributed by atoms with Gasteiger partial charge in [0.15, 0.2) is 0 Å². The Morgan fingerprint density at radius 1 is 0.877 bits per heavy atom. The van der Waals surface area contributed by atoms with E-state index in [0.29, 0.717) is 69.8 Å². The molecule has 0 radical (unpaired) electrons. The molecule has 3 fully saturated rings. The van der Waals surface area contributed by atoms with E-state index in [0.717, 1.165) is 5.57 Å². The molecule has 3 heterocycles. The van der Waals surface area contributed by atoms with Crippen LogP contribution in [0.3, 0.4) is 0 Å². The number of amides is 1. The van der Waals surface area contributed by atoms with Crippen LogP contribution in [0, 0.1) is 47.3 Å². The maximum absolute atomic E-state index is 14.3. The second kappa shape index (κ2) is 25.1.